The summed E-state index contributed by atoms with van der Waals surface area (Å²) in [6, 6.07) is 68.5. The first-order valence-corrected chi connectivity index (χ1v) is 37.2. The highest BCUT2D eigenvalue weighted by atomic mass is 15.1. The molecular formula is C106H71BN4. The first-order valence-electron chi connectivity index (χ1n) is 47.2. The summed E-state index contributed by atoms with van der Waals surface area (Å²) in [5, 5.41) is 5.54. The standard InChI is InChI=1S/C106H71BN4/c1-106(2,3)70-64-95-101-96(65-70)111-103-74(69-38-14-7-15-39-69)53-29-55-84(103)80-45-19-17-41-76(80)78-43-21-23-47-82(78)100-94(109-90-57-27-25-49-86(90)98-72(51-31-59-92(98)109)67-34-10-5-11-35-67)63-61-88(105(100)111)107(101)87-60-62-93(108-89-56-26-24-48-85(89)97-71(50-30-58-91(97)108)66-32-8-4-9-33-66)99-81-46-22-20-42-77(81)75-40-16-18-44-79(75)83-54-28-52-73(68-36-12-6-13-37-68)102(83)110(95)104(87)99/h4-65H,1-3H3/i24D,25D,26D,27D,30D,31D,48D,49D,50D,51D,56D,57D,58D,59D,60D,61D,62D,63D,64D,65D. The summed E-state index contributed by atoms with van der Waals surface area (Å²) in [6.07, 6.45) is 0. The van der Waals surface area contributed by atoms with Gasteiger partial charge in [0.25, 0.3) is 6.71 Å². The minimum atomic E-state index is -1.70. The van der Waals surface area contributed by atoms with E-state index >= 15 is 0 Å². The Hall–Kier alpha value is -14.0. The van der Waals surface area contributed by atoms with Crippen LogP contribution in [0.4, 0.5) is 0 Å². The van der Waals surface area contributed by atoms with E-state index in [1.165, 1.54) is 9.13 Å². The lowest BCUT2D eigenvalue weighted by Crippen LogP contribution is -2.60. The van der Waals surface area contributed by atoms with Crippen LogP contribution in [-0.2, 0) is 5.41 Å². The third-order valence-corrected chi connectivity index (χ3v) is 22.7. The van der Waals surface area contributed by atoms with Crippen molar-refractivity contribution in [3.05, 3.63) is 381 Å². The molecule has 0 atom stereocenters. The van der Waals surface area contributed by atoms with Crippen LogP contribution in [-0.4, -0.2) is 25.0 Å². The molecule has 6 heterocycles. The van der Waals surface area contributed by atoms with Gasteiger partial charge in [0, 0.05) is 65.6 Å². The molecule has 0 saturated heterocycles. The highest BCUT2D eigenvalue weighted by Gasteiger charge is 2.42. The van der Waals surface area contributed by atoms with E-state index in [9.17, 15) is 27.4 Å². The zero-order valence-corrected chi connectivity index (χ0v) is 60.1. The molecule has 5 heteroatoms. The number of nitrogens with zero attached hydrogens (tertiary/aromatic N) is 4. The lowest BCUT2D eigenvalue weighted by molar-refractivity contribution is 0.589. The molecule has 2 aliphatic heterocycles. The van der Waals surface area contributed by atoms with Gasteiger partial charge in [-0.3, -0.25) is 0 Å². The minimum absolute atomic E-state index is 0.00956. The molecule has 23 rings (SSSR count). The van der Waals surface area contributed by atoms with E-state index in [0.29, 0.717) is 98.3 Å². The number of benzene rings is 17. The lowest BCUT2D eigenvalue weighted by atomic mass is 9.34. The highest BCUT2D eigenvalue weighted by molar-refractivity contribution is 7.00. The number of hydrogen-bond acceptors (Lipinski definition) is 0. The number of aromatic nitrogens is 4. The predicted molar refractivity (Wildman–Crippen MR) is 474 cm³/mol. The van der Waals surface area contributed by atoms with E-state index in [4.69, 9.17) is 0 Å². The molecule has 4 aromatic heterocycles. The van der Waals surface area contributed by atoms with Gasteiger partial charge in [0.15, 0.2) is 0 Å². The van der Waals surface area contributed by atoms with E-state index in [1.807, 2.05) is 224 Å². The molecule has 518 valence electrons. The van der Waals surface area contributed by atoms with Gasteiger partial charge in [0.2, 0.25) is 0 Å². The van der Waals surface area contributed by atoms with Crippen molar-refractivity contribution in [1.82, 2.24) is 18.3 Å². The normalized spacial score (nSPS) is 15.0. The average Bonchev–Trinajstić information content (AvgIpc) is 1.50. The molecule has 21 aromatic rings. The maximum absolute atomic E-state index is 12.1. The van der Waals surface area contributed by atoms with Gasteiger partial charge in [-0.05, 0) is 152 Å². The van der Waals surface area contributed by atoms with Crippen molar-refractivity contribution in [3.63, 3.8) is 0 Å². The maximum Gasteiger partial charge on any atom is 0.252 e. The summed E-state index contributed by atoms with van der Waals surface area (Å²) in [5.74, 6) is 0. The lowest BCUT2D eigenvalue weighted by Gasteiger charge is -2.38. The van der Waals surface area contributed by atoms with Gasteiger partial charge < -0.3 is 18.3 Å². The smallest absolute Gasteiger partial charge is 0.252 e. The zero-order valence-electron chi connectivity index (χ0n) is 80.1. The summed E-state index contributed by atoms with van der Waals surface area (Å²) in [7, 11) is 0. The Kier molecular flexibility index (Phi) is 10.1. The Bertz CT molecular complexity index is 8500. The molecule has 0 amide bonds. The maximum atomic E-state index is 12.1. The molecule has 111 heavy (non-hydrogen) atoms. The second-order valence-electron chi connectivity index (χ2n) is 29.7. The van der Waals surface area contributed by atoms with Crippen LogP contribution in [0, 0.1) is 0 Å². The van der Waals surface area contributed by atoms with Crippen molar-refractivity contribution in [2.24, 2.45) is 0 Å². The Balaban J connectivity index is 1.09. The molecule has 0 aliphatic carbocycles. The average molecular weight is 1430 g/mol. The Morgan fingerprint density at radius 1 is 0.243 bits per heavy atom. The fourth-order valence-electron chi connectivity index (χ4n) is 18.1. The van der Waals surface area contributed by atoms with Crippen molar-refractivity contribution < 1.29 is 27.4 Å². The number of rotatable bonds is 6. The Morgan fingerprint density at radius 2 is 0.568 bits per heavy atom. The molecule has 0 unspecified atom stereocenters. The van der Waals surface area contributed by atoms with Crippen LogP contribution in [0.2, 0.25) is 0 Å². The Morgan fingerprint density at radius 3 is 0.955 bits per heavy atom. The van der Waals surface area contributed by atoms with Gasteiger partial charge in [-0.15, -0.1) is 0 Å². The van der Waals surface area contributed by atoms with Crippen molar-refractivity contribution in [3.8, 4) is 67.3 Å². The SMILES string of the molecule is [2H]c1c2c3c(c([2H])c1C(C)(C)C)-n1c4c(-c5ccccc5)cccc4c4ccccc4c4ccccc4c4c(-n5c6c([2H])c([2H])c([2H])c([2H])c6c6c(-c7ccccc7)c([2H])c([2H])c([2H])c65)c([2H])c([2H])c(c41)B3c1c([2H])c([2H])c(-n3c4c([2H])c([2H])c([2H])c([2H])c4c4c(-c5ccccc5)c([2H])c([2H])c([2H])c43)c3c4ccccc4c4ccccc4c4cccc(-c5ccccc5)c4n-2c13. The van der Waals surface area contributed by atoms with E-state index in [2.05, 4.69) is 0 Å². The van der Waals surface area contributed by atoms with Gasteiger partial charge in [-0.25, -0.2) is 0 Å². The van der Waals surface area contributed by atoms with Crippen LogP contribution < -0.4 is 16.4 Å². The van der Waals surface area contributed by atoms with E-state index in [1.54, 1.807) is 60.7 Å². The fourth-order valence-corrected chi connectivity index (χ4v) is 18.1. The summed E-state index contributed by atoms with van der Waals surface area (Å²) >= 11 is 0. The molecular weight excluding hydrogens is 1340 g/mol. The highest BCUT2D eigenvalue weighted by Crippen LogP contribution is 2.49. The topological polar surface area (TPSA) is 19.7 Å². The largest absolute Gasteiger partial charge is 0.309 e. The summed E-state index contributed by atoms with van der Waals surface area (Å²) in [5.41, 5.74) is 2.48. The minimum Gasteiger partial charge on any atom is -0.309 e. The van der Waals surface area contributed by atoms with Gasteiger partial charge in [0.1, 0.15) is 0 Å². The van der Waals surface area contributed by atoms with E-state index < -0.39 is 121 Å². The zero-order chi connectivity index (χ0) is 90.7. The molecule has 4 nitrogen and oxygen atoms in total. The van der Waals surface area contributed by atoms with Crippen molar-refractivity contribution in [2.75, 3.05) is 0 Å². The predicted octanol–water partition coefficient (Wildman–Crippen LogP) is 26.0. The number of hydrogen-bond donors (Lipinski definition) is 0. The molecule has 0 fully saturated rings. The van der Waals surface area contributed by atoms with Crippen LogP contribution in [0.3, 0.4) is 0 Å². The Labute approximate surface area is 670 Å². The molecule has 0 N–H and O–H groups in total. The van der Waals surface area contributed by atoms with Gasteiger partial charge >= 0.3 is 0 Å². The fraction of sp³-hybridized carbons (Fsp3) is 0.0377. The van der Waals surface area contributed by atoms with Crippen molar-refractivity contribution in [1.29, 1.82) is 0 Å². The molecule has 0 bridgehead atoms. The van der Waals surface area contributed by atoms with Crippen LogP contribution in [0.25, 0.3) is 198 Å². The van der Waals surface area contributed by atoms with Gasteiger partial charge in [-0.2, -0.15) is 0 Å². The van der Waals surface area contributed by atoms with Crippen LogP contribution in [0.5, 0.6) is 0 Å². The quantitative estimate of drug-likeness (QED) is 0.148. The first-order chi connectivity index (χ1) is 63.2. The summed E-state index contributed by atoms with van der Waals surface area (Å²) in [6.45, 7) is 4.11. The number of para-hydroxylation sites is 4. The summed E-state index contributed by atoms with van der Waals surface area (Å²) < 4.78 is 220. The van der Waals surface area contributed by atoms with Gasteiger partial charge in [-0.1, -0.05) is 348 Å². The first kappa shape index (κ1) is 46.3. The van der Waals surface area contributed by atoms with Crippen LogP contribution in [0.15, 0.2) is 376 Å². The van der Waals surface area contributed by atoms with Gasteiger partial charge in [0.05, 0.1) is 82.9 Å². The molecule has 0 spiro atoms. The van der Waals surface area contributed by atoms with E-state index in [-0.39, 0.29) is 133 Å². The molecule has 0 radical (unpaired) electrons. The third-order valence-electron chi connectivity index (χ3n) is 22.7. The second kappa shape index (κ2) is 24.3. The van der Waals surface area contributed by atoms with Crippen LogP contribution in [0.1, 0.15) is 53.7 Å². The monoisotopic (exact) mass is 1430 g/mol. The van der Waals surface area contributed by atoms with Crippen LogP contribution >= 0.6 is 0 Å². The second-order valence-corrected chi connectivity index (χ2v) is 29.7. The van der Waals surface area contributed by atoms with Crippen molar-refractivity contribution in [2.45, 2.75) is 26.2 Å². The van der Waals surface area contributed by atoms with E-state index in [0.717, 1.165) is 0 Å². The third kappa shape index (κ3) is 9.18. The molecule has 17 aromatic carbocycles. The molecule has 0 saturated carbocycles. The number of fused-ring (bicyclic) bond motifs is 24. The summed E-state index contributed by atoms with van der Waals surface area (Å²) in [4.78, 5) is 0. The molecule has 2 aliphatic rings. The van der Waals surface area contributed by atoms with Crippen molar-refractivity contribution >= 4 is 153 Å².